The van der Waals surface area contributed by atoms with Gasteiger partial charge in [0.05, 0.1) is 11.7 Å². The molecule has 0 aromatic rings. The van der Waals surface area contributed by atoms with E-state index >= 15 is 0 Å². The average Bonchev–Trinajstić information content (AvgIpc) is 2.32. The summed E-state index contributed by atoms with van der Waals surface area (Å²) in [7, 11) is 0. The maximum absolute atomic E-state index is 5.89. The highest BCUT2D eigenvalue weighted by Gasteiger charge is 2.54. The van der Waals surface area contributed by atoms with Crippen LogP contribution in [0.1, 0.15) is 41.0 Å². The summed E-state index contributed by atoms with van der Waals surface area (Å²) in [5.41, 5.74) is -0.188. The van der Waals surface area contributed by atoms with Gasteiger partial charge in [0.2, 0.25) is 0 Å². The Balaban J connectivity index is 2.00. The maximum atomic E-state index is 5.89. The van der Waals surface area contributed by atoms with Gasteiger partial charge in [-0.1, -0.05) is 0 Å². The molecule has 0 saturated carbocycles. The van der Waals surface area contributed by atoms with Crippen molar-refractivity contribution in [3.05, 3.63) is 0 Å². The van der Waals surface area contributed by atoms with Crippen LogP contribution in [0.15, 0.2) is 0 Å². The Morgan fingerprint density at radius 1 is 1.25 bits per heavy atom. The van der Waals surface area contributed by atoms with Crippen molar-refractivity contribution >= 4 is 0 Å². The van der Waals surface area contributed by atoms with E-state index in [1.165, 1.54) is 0 Å². The molecule has 2 aliphatic heterocycles. The Bertz CT molecular complexity index is 264. The normalized spacial score (nSPS) is 42.4. The molecule has 2 saturated heterocycles. The van der Waals surface area contributed by atoms with Gasteiger partial charge in [0, 0.05) is 6.42 Å². The van der Waals surface area contributed by atoms with Crippen LogP contribution in [-0.2, 0) is 18.9 Å². The van der Waals surface area contributed by atoms with Crippen molar-refractivity contribution in [2.45, 2.75) is 70.9 Å². The topological polar surface area (TPSA) is 36.9 Å². The SMILES string of the molecule is CC(C)OC1COC2(C)OC(C)(C)CC2O1. The molecule has 0 aromatic carbocycles. The molecule has 16 heavy (non-hydrogen) atoms. The van der Waals surface area contributed by atoms with Gasteiger partial charge in [-0.15, -0.1) is 0 Å². The Labute approximate surface area is 97.2 Å². The molecule has 2 fully saturated rings. The monoisotopic (exact) mass is 230 g/mol. The molecule has 0 amide bonds. The van der Waals surface area contributed by atoms with E-state index in [9.17, 15) is 0 Å². The first kappa shape index (κ1) is 12.3. The number of hydrogen-bond acceptors (Lipinski definition) is 4. The van der Waals surface area contributed by atoms with Crippen LogP contribution in [0.3, 0.4) is 0 Å². The second kappa shape index (κ2) is 3.95. The molecule has 0 N–H and O–H groups in total. The average molecular weight is 230 g/mol. The van der Waals surface area contributed by atoms with Crippen LogP contribution in [0.5, 0.6) is 0 Å². The van der Waals surface area contributed by atoms with Crippen molar-refractivity contribution in [3.63, 3.8) is 0 Å². The summed E-state index contributed by atoms with van der Waals surface area (Å²) < 4.78 is 23.2. The summed E-state index contributed by atoms with van der Waals surface area (Å²) in [6.45, 7) is 10.5. The summed E-state index contributed by atoms with van der Waals surface area (Å²) in [4.78, 5) is 0. The molecule has 0 spiro atoms. The molecule has 0 bridgehead atoms. The second-order valence-electron chi connectivity index (χ2n) is 5.63. The van der Waals surface area contributed by atoms with Crippen molar-refractivity contribution in [1.29, 1.82) is 0 Å². The van der Waals surface area contributed by atoms with E-state index in [0.29, 0.717) is 6.61 Å². The van der Waals surface area contributed by atoms with E-state index in [2.05, 4.69) is 13.8 Å². The van der Waals surface area contributed by atoms with Gasteiger partial charge in [-0.05, 0) is 34.6 Å². The predicted molar refractivity (Wildman–Crippen MR) is 59.0 cm³/mol. The van der Waals surface area contributed by atoms with Crippen molar-refractivity contribution in [2.24, 2.45) is 0 Å². The maximum Gasteiger partial charge on any atom is 0.192 e. The lowest BCUT2D eigenvalue weighted by Gasteiger charge is -2.39. The molecule has 4 heteroatoms. The Kier molecular flexibility index (Phi) is 3.03. The molecule has 2 aliphatic rings. The first-order valence-electron chi connectivity index (χ1n) is 5.96. The van der Waals surface area contributed by atoms with Gasteiger partial charge >= 0.3 is 0 Å². The van der Waals surface area contributed by atoms with Gasteiger partial charge in [0.1, 0.15) is 12.7 Å². The zero-order valence-electron chi connectivity index (χ0n) is 10.8. The highest BCUT2D eigenvalue weighted by Crippen LogP contribution is 2.43. The minimum atomic E-state index is -0.611. The number of ether oxygens (including phenoxy) is 4. The third kappa shape index (κ3) is 2.40. The minimum Gasteiger partial charge on any atom is -0.348 e. The largest absolute Gasteiger partial charge is 0.348 e. The lowest BCUT2D eigenvalue weighted by atomic mass is 10.0. The predicted octanol–water partition coefficient (Wildman–Crippen LogP) is 2.07. The van der Waals surface area contributed by atoms with Gasteiger partial charge in [0.15, 0.2) is 12.1 Å². The molecule has 4 nitrogen and oxygen atoms in total. The Hall–Kier alpha value is -0.160. The van der Waals surface area contributed by atoms with Crippen LogP contribution in [0.2, 0.25) is 0 Å². The number of rotatable bonds is 2. The fraction of sp³-hybridized carbons (Fsp3) is 1.00. The molecular weight excluding hydrogens is 208 g/mol. The van der Waals surface area contributed by atoms with Crippen molar-refractivity contribution in [3.8, 4) is 0 Å². The van der Waals surface area contributed by atoms with E-state index in [-0.39, 0.29) is 24.1 Å². The third-order valence-electron chi connectivity index (χ3n) is 2.99. The van der Waals surface area contributed by atoms with Crippen LogP contribution in [0, 0.1) is 0 Å². The fourth-order valence-electron chi connectivity index (χ4n) is 2.41. The van der Waals surface area contributed by atoms with Crippen LogP contribution >= 0.6 is 0 Å². The fourth-order valence-corrected chi connectivity index (χ4v) is 2.41. The molecule has 94 valence electrons. The van der Waals surface area contributed by atoms with Gasteiger partial charge < -0.3 is 18.9 Å². The van der Waals surface area contributed by atoms with Crippen molar-refractivity contribution < 1.29 is 18.9 Å². The minimum absolute atomic E-state index is 0.0417. The lowest BCUT2D eigenvalue weighted by molar-refractivity contribution is -0.354. The van der Waals surface area contributed by atoms with Crippen LogP contribution in [0.4, 0.5) is 0 Å². The zero-order valence-corrected chi connectivity index (χ0v) is 10.8. The highest BCUT2D eigenvalue weighted by atomic mass is 16.8. The first-order valence-corrected chi connectivity index (χ1v) is 5.96. The molecular formula is C12H22O4. The Morgan fingerprint density at radius 2 is 1.94 bits per heavy atom. The standard InChI is InChI=1S/C12H22O4/c1-8(2)14-10-7-13-12(5)9(15-10)6-11(3,4)16-12/h8-10H,6-7H2,1-5H3. The summed E-state index contributed by atoms with van der Waals surface area (Å²) in [5.74, 6) is -0.611. The van der Waals surface area contributed by atoms with Gasteiger partial charge in [-0.2, -0.15) is 0 Å². The smallest absolute Gasteiger partial charge is 0.192 e. The molecule has 0 aliphatic carbocycles. The summed E-state index contributed by atoms with van der Waals surface area (Å²) in [5, 5.41) is 0. The molecule has 0 radical (unpaired) electrons. The second-order valence-corrected chi connectivity index (χ2v) is 5.63. The molecule has 3 unspecified atom stereocenters. The molecule has 2 heterocycles. The van der Waals surface area contributed by atoms with Gasteiger partial charge in [-0.3, -0.25) is 0 Å². The van der Waals surface area contributed by atoms with E-state index in [1.54, 1.807) is 0 Å². The summed E-state index contributed by atoms with van der Waals surface area (Å²) in [6.07, 6.45) is 0.672. The lowest BCUT2D eigenvalue weighted by Crippen LogP contribution is -2.51. The van der Waals surface area contributed by atoms with Crippen LogP contribution in [-0.4, -0.2) is 36.5 Å². The van der Waals surface area contributed by atoms with E-state index in [4.69, 9.17) is 18.9 Å². The van der Waals surface area contributed by atoms with Crippen molar-refractivity contribution in [1.82, 2.24) is 0 Å². The molecule has 0 aromatic heterocycles. The summed E-state index contributed by atoms with van der Waals surface area (Å²) in [6, 6.07) is 0. The van der Waals surface area contributed by atoms with Gasteiger partial charge in [0.25, 0.3) is 0 Å². The van der Waals surface area contributed by atoms with Crippen LogP contribution in [0.25, 0.3) is 0 Å². The highest BCUT2D eigenvalue weighted by molar-refractivity contribution is 4.94. The molecule has 2 rings (SSSR count). The number of hydrogen-bond donors (Lipinski definition) is 0. The first-order chi connectivity index (χ1) is 7.31. The molecule has 3 atom stereocenters. The summed E-state index contributed by atoms with van der Waals surface area (Å²) >= 11 is 0. The Morgan fingerprint density at radius 3 is 2.56 bits per heavy atom. The van der Waals surface area contributed by atoms with E-state index in [1.807, 2.05) is 20.8 Å². The third-order valence-corrected chi connectivity index (χ3v) is 2.99. The number of fused-ring (bicyclic) bond motifs is 1. The zero-order chi connectivity index (χ0) is 12.0. The van der Waals surface area contributed by atoms with Crippen LogP contribution < -0.4 is 0 Å². The van der Waals surface area contributed by atoms with Gasteiger partial charge in [-0.25, -0.2) is 0 Å². The van der Waals surface area contributed by atoms with E-state index < -0.39 is 5.79 Å². The van der Waals surface area contributed by atoms with E-state index in [0.717, 1.165) is 6.42 Å². The van der Waals surface area contributed by atoms with Crippen molar-refractivity contribution in [2.75, 3.05) is 6.61 Å². The quantitative estimate of drug-likeness (QED) is 0.727.